The van der Waals surface area contributed by atoms with Crippen LogP contribution >= 0.6 is 0 Å². The Labute approximate surface area is 483 Å². The number of unbranched alkanes of at least 4 members (excludes halogenated alkanes) is 1. The highest BCUT2D eigenvalue weighted by atomic mass is 16.5. The van der Waals surface area contributed by atoms with E-state index in [1.165, 1.54) is 11.8 Å². The maximum atomic E-state index is 15.3. The van der Waals surface area contributed by atoms with E-state index in [1.54, 1.807) is 18.3 Å². The number of nitrogens with zero attached hydrogens (tertiary/aromatic N) is 3. The molecule has 9 amide bonds. The topological polar surface area (TPSA) is 360 Å². The molecule has 0 bridgehead atoms. The summed E-state index contributed by atoms with van der Waals surface area (Å²) >= 11 is 0. The molecule has 0 saturated carbocycles. The van der Waals surface area contributed by atoms with Gasteiger partial charge in [0.05, 0.1) is 19.6 Å². The summed E-state index contributed by atoms with van der Waals surface area (Å²) in [5.74, 6) is -6.64. The van der Waals surface area contributed by atoms with Crippen LogP contribution in [0.4, 0.5) is 0 Å². The first-order valence-corrected chi connectivity index (χ1v) is 28.7. The van der Waals surface area contributed by atoms with Crippen molar-refractivity contribution >= 4 is 70.0 Å². The predicted octanol–water partition coefficient (Wildman–Crippen LogP) is 0.0868. The number of para-hydroxylation sites is 1. The number of nitrogens with one attached hydrogen (secondary N) is 8. The van der Waals surface area contributed by atoms with Gasteiger partial charge in [-0.3, -0.25) is 53.0 Å². The van der Waals surface area contributed by atoms with Gasteiger partial charge in [0.25, 0.3) is 0 Å². The number of hydrogen-bond donors (Lipinski definition) is 11. The summed E-state index contributed by atoms with van der Waals surface area (Å²) < 4.78 is 5.53. The molecule has 7 atom stereocenters. The third kappa shape index (κ3) is 18.3. The number of aromatic amines is 1. The molecule has 7 rings (SSSR count). The average Bonchev–Trinajstić information content (AvgIpc) is 4.07. The summed E-state index contributed by atoms with van der Waals surface area (Å²) in [5, 5.41) is 20.3. The predicted molar refractivity (Wildman–Crippen MR) is 310 cm³/mol. The summed E-state index contributed by atoms with van der Waals surface area (Å²) in [6, 6.07) is 13.1. The fourth-order valence-corrected chi connectivity index (χ4v) is 10.7. The number of ether oxygens (including phenoxy) is 1. The standard InChI is InChI=1S/C59H80N14O10/c1-3-4-15-45(66-36(2)74)53(77)71-49-32-51(75)63-23-10-9-17-44(52(60)76)67-56(80)48(30-41-33-65-43-16-8-7-14-42(41)43)69-54(78)46(18-11-24-64-59(61)62)68-55(79)47(29-37-19-21-38(22-20-37)34-72-25-27-83-28-26-72)70-57(81)50-31-39-12-5-6-13-40(39)35-73(50)58(49)82/h5-8,12-14,16,19-22,33,44-50,65H,3-4,9-11,15,17-18,23-32,34-35H2,1-2H3,(H2,60,76)(H,63,75)(H,66,74)(H,67,80)(H,68,79)(H,69,78)(H,70,81)(H,71,77)(H4,61,62,64)/t44-,45-,46-,47+,48-,49-,50-/m0/s1. The molecule has 24 heteroatoms. The van der Waals surface area contributed by atoms with Crippen LogP contribution in [-0.4, -0.2) is 156 Å². The fraction of sp³-hybridized carbons (Fsp3) is 0.492. The minimum atomic E-state index is -1.54. The van der Waals surface area contributed by atoms with Crippen LogP contribution in [0.2, 0.25) is 0 Å². The molecule has 2 saturated heterocycles. The number of rotatable bonds is 17. The van der Waals surface area contributed by atoms with Crippen molar-refractivity contribution in [2.75, 3.05) is 39.4 Å². The van der Waals surface area contributed by atoms with E-state index in [4.69, 9.17) is 21.9 Å². The van der Waals surface area contributed by atoms with Gasteiger partial charge in [-0.1, -0.05) is 86.5 Å². The van der Waals surface area contributed by atoms with Crippen LogP contribution in [0, 0.1) is 0 Å². The van der Waals surface area contributed by atoms with E-state index in [1.807, 2.05) is 67.6 Å². The molecule has 2 fully saturated rings. The minimum absolute atomic E-state index is 0.0157. The lowest BCUT2D eigenvalue weighted by molar-refractivity contribution is -0.146. The highest BCUT2D eigenvalue weighted by molar-refractivity contribution is 5.99. The van der Waals surface area contributed by atoms with Gasteiger partial charge in [0.1, 0.15) is 42.3 Å². The van der Waals surface area contributed by atoms with E-state index in [-0.39, 0.29) is 77.0 Å². The van der Waals surface area contributed by atoms with Crippen LogP contribution in [0.5, 0.6) is 0 Å². The zero-order valence-corrected chi connectivity index (χ0v) is 47.3. The first kappa shape index (κ1) is 62.2. The Balaban J connectivity index is 1.28. The number of aliphatic imine (C=N–C) groups is 1. The lowest BCUT2D eigenvalue weighted by atomic mass is 9.92. The lowest BCUT2D eigenvalue weighted by Gasteiger charge is -2.38. The molecule has 446 valence electrons. The third-order valence-corrected chi connectivity index (χ3v) is 15.2. The van der Waals surface area contributed by atoms with Crippen LogP contribution in [-0.2, 0) is 80.2 Å². The van der Waals surface area contributed by atoms with Crippen molar-refractivity contribution in [1.29, 1.82) is 0 Å². The van der Waals surface area contributed by atoms with E-state index in [2.05, 4.69) is 52.1 Å². The van der Waals surface area contributed by atoms with E-state index < -0.39 is 102 Å². The lowest BCUT2D eigenvalue weighted by Crippen LogP contribution is -2.62. The maximum Gasteiger partial charge on any atom is 0.246 e. The first-order valence-electron chi connectivity index (χ1n) is 28.7. The average molecular weight is 1150 g/mol. The molecule has 1 aromatic heterocycles. The molecular formula is C59H80N14O10. The molecular weight excluding hydrogens is 1060 g/mol. The maximum absolute atomic E-state index is 15.3. The van der Waals surface area contributed by atoms with Crippen LogP contribution in [0.25, 0.3) is 10.9 Å². The number of benzene rings is 3. The quantitative estimate of drug-likeness (QED) is 0.0380. The Hall–Kier alpha value is -8.38. The third-order valence-electron chi connectivity index (χ3n) is 15.2. The summed E-state index contributed by atoms with van der Waals surface area (Å²) in [6.07, 6.45) is 3.25. The van der Waals surface area contributed by atoms with Gasteiger partial charge in [-0.25, -0.2) is 0 Å². The number of carbonyl (C=O) groups is 9. The van der Waals surface area contributed by atoms with Crippen LogP contribution in [0.15, 0.2) is 84.0 Å². The Morgan fingerprint density at radius 2 is 1.42 bits per heavy atom. The number of aromatic nitrogens is 1. The van der Waals surface area contributed by atoms with Crippen LogP contribution in [0.1, 0.15) is 99.5 Å². The largest absolute Gasteiger partial charge is 0.379 e. The Morgan fingerprint density at radius 1 is 0.759 bits per heavy atom. The van der Waals surface area contributed by atoms with E-state index in [9.17, 15) is 28.8 Å². The Morgan fingerprint density at radius 3 is 2.14 bits per heavy atom. The van der Waals surface area contributed by atoms with Crippen LogP contribution in [0.3, 0.4) is 0 Å². The van der Waals surface area contributed by atoms with Gasteiger partial charge >= 0.3 is 0 Å². The summed E-state index contributed by atoms with van der Waals surface area (Å²) in [7, 11) is 0. The monoisotopic (exact) mass is 1140 g/mol. The van der Waals surface area contributed by atoms with Gasteiger partial charge in [-0.05, 0) is 72.4 Å². The molecule has 3 aliphatic heterocycles. The van der Waals surface area contributed by atoms with Crippen molar-refractivity contribution in [3.8, 4) is 0 Å². The van der Waals surface area contributed by atoms with E-state index in [0.717, 1.165) is 35.1 Å². The number of morpholine rings is 1. The molecule has 0 spiro atoms. The second kappa shape index (κ2) is 30.6. The van der Waals surface area contributed by atoms with Crippen molar-refractivity contribution in [3.63, 3.8) is 0 Å². The molecule has 83 heavy (non-hydrogen) atoms. The molecule has 3 aliphatic rings. The zero-order valence-electron chi connectivity index (χ0n) is 47.3. The van der Waals surface area contributed by atoms with E-state index >= 15 is 14.4 Å². The Bertz CT molecular complexity index is 2960. The molecule has 4 aromatic rings. The van der Waals surface area contributed by atoms with Crippen molar-refractivity contribution < 1.29 is 47.9 Å². The highest BCUT2D eigenvalue weighted by Gasteiger charge is 2.41. The van der Waals surface area contributed by atoms with Gasteiger partial charge in [-0.2, -0.15) is 0 Å². The van der Waals surface area contributed by atoms with E-state index in [0.29, 0.717) is 55.7 Å². The van der Waals surface area contributed by atoms with Crippen molar-refractivity contribution in [3.05, 3.63) is 107 Å². The van der Waals surface area contributed by atoms with Crippen LogP contribution < -0.4 is 54.4 Å². The molecule has 14 N–H and O–H groups in total. The number of H-pyrrole nitrogens is 1. The normalized spacial score (nSPS) is 22.3. The molecule has 3 aromatic carbocycles. The molecule has 4 heterocycles. The second-order valence-corrected chi connectivity index (χ2v) is 21.5. The van der Waals surface area contributed by atoms with Gasteiger partial charge < -0.3 is 69.0 Å². The van der Waals surface area contributed by atoms with Gasteiger partial charge in [-0.15, -0.1) is 0 Å². The van der Waals surface area contributed by atoms with Crippen molar-refractivity contribution in [2.24, 2.45) is 22.2 Å². The number of hydrogen-bond acceptors (Lipinski definition) is 12. The van der Waals surface area contributed by atoms with Gasteiger partial charge in [0, 0.05) is 82.6 Å². The zero-order chi connectivity index (χ0) is 59.4. The number of primary amides is 1. The number of carbonyl (C=O) groups excluding carboxylic acids is 9. The first-order chi connectivity index (χ1) is 40.0. The van der Waals surface area contributed by atoms with Gasteiger partial charge in [0.2, 0.25) is 53.2 Å². The number of nitrogens with two attached hydrogens (primary N) is 3. The molecule has 0 aliphatic carbocycles. The molecule has 24 nitrogen and oxygen atoms in total. The molecule has 0 unspecified atom stereocenters. The number of fused-ring (bicyclic) bond motifs is 3. The molecule has 0 radical (unpaired) electrons. The summed E-state index contributed by atoms with van der Waals surface area (Å²) in [5.41, 5.74) is 21.7. The fourth-order valence-electron chi connectivity index (χ4n) is 10.7. The summed E-state index contributed by atoms with van der Waals surface area (Å²) in [4.78, 5) is 139. The smallest absolute Gasteiger partial charge is 0.246 e. The van der Waals surface area contributed by atoms with Crippen molar-refractivity contribution in [1.82, 2.24) is 52.0 Å². The number of amides is 9. The second-order valence-electron chi connectivity index (χ2n) is 21.5. The van der Waals surface area contributed by atoms with Gasteiger partial charge in [0.15, 0.2) is 5.96 Å². The minimum Gasteiger partial charge on any atom is -0.379 e. The van der Waals surface area contributed by atoms with Crippen molar-refractivity contribution in [2.45, 2.75) is 146 Å². The number of guanidine groups is 1. The summed E-state index contributed by atoms with van der Waals surface area (Å²) in [6.45, 7) is 6.64. The highest BCUT2D eigenvalue weighted by Crippen LogP contribution is 2.26. The SMILES string of the molecule is CCCC[C@H](NC(C)=O)C(=O)N[C@H]1CC(=O)NCCCC[C@@H](C(N)=O)NC(=O)[C@H](Cc2c[nH]c3ccccc23)NC(=O)[C@H](CCCN=C(N)N)NC(=O)[C@@H](Cc2ccc(CN3CCOCC3)cc2)NC(=O)[C@@H]2Cc3ccccc3CN2C1=O. The Kier molecular flexibility index (Phi) is 22.9.